The number of ether oxygens (including phenoxy) is 3. The van der Waals surface area contributed by atoms with E-state index >= 15 is 0 Å². The number of para-hydroxylation sites is 1. The number of amides is 1. The highest BCUT2D eigenvalue weighted by atomic mass is 16.6. The third kappa shape index (κ3) is 4.00. The van der Waals surface area contributed by atoms with Gasteiger partial charge in [-0.3, -0.25) is 4.79 Å². The Bertz CT molecular complexity index is 1040. The highest BCUT2D eigenvalue weighted by Crippen LogP contribution is 2.32. The van der Waals surface area contributed by atoms with Crippen LogP contribution in [0.25, 0.3) is 5.69 Å². The normalized spacial score (nSPS) is 13.4. The SMILES string of the molecule is C[C@H](OC(=O)c1ccccc1-n1cnnn1)C(=O)Nc1ccc2c(c1)OCCO2. The van der Waals surface area contributed by atoms with Crippen LogP contribution in [0.1, 0.15) is 17.3 Å². The van der Waals surface area contributed by atoms with Crippen molar-refractivity contribution >= 4 is 17.6 Å². The fourth-order valence-electron chi connectivity index (χ4n) is 2.76. The molecule has 10 heteroatoms. The molecule has 1 aliphatic heterocycles. The van der Waals surface area contributed by atoms with Crippen LogP contribution < -0.4 is 14.8 Å². The number of nitrogens with zero attached hydrogens (tertiary/aromatic N) is 4. The summed E-state index contributed by atoms with van der Waals surface area (Å²) in [5.41, 5.74) is 1.19. The van der Waals surface area contributed by atoms with E-state index in [-0.39, 0.29) is 5.56 Å². The maximum Gasteiger partial charge on any atom is 0.341 e. The number of benzene rings is 2. The molecule has 0 fully saturated rings. The minimum Gasteiger partial charge on any atom is -0.486 e. The van der Waals surface area contributed by atoms with Crippen LogP contribution in [0.4, 0.5) is 5.69 Å². The third-order valence-electron chi connectivity index (χ3n) is 4.18. The van der Waals surface area contributed by atoms with Crippen LogP contribution in [0.15, 0.2) is 48.8 Å². The minimum absolute atomic E-state index is 0.235. The molecule has 1 aromatic heterocycles. The minimum atomic E-state index is -1.03. The fraction of sp³-hybridized carbons (Fsp3) is 0.211. The van der Waals surface area contributed by atoms with Gasteiger partial charge < -0.3 is 19.5 Å². The van der Waals surface area contributed by atoms with Crippen LogP contribution in [0.2, 0.25) is 0 Å². The van der Waals surface area contributed by atoms with Gasteiger partial charge in [0, 0.05) is 11.8 Å². The van der Waals surface area contributed by atoms with E-state index in [1.807, 2.05) is 0 Å². The van der Waals surface area contributed by atoms with Crippen molar-refractivity contribution in [3.63, 3.8) is 0 Å². The second kappa shape index (κ2) is 7.97. The number of rotatable bonds is 5. The summed E-state index contributed by atoms with van der Waals surface area (Å²) in [6, 6.07) is 11.7. The van der Waals surface area contributed by atoms with Gasteiger partial charge in [-0.05, 0) is 41.6 Å². The number of aromatic nitrogens is 4. The van der Waals surface area contributed by atoms with Gasteiger partial charge in [-0.25, -0.2) is 4.79 Å². The molecule has 0 bridgehead atoms. The topological polar surface area (TPSA) is 117 Å². The van der Waals surface area contributed by atoms with Crippen LogP contribution in [-0.2, 0) is 9.53 Å². The molecule has 10 nitrogen and oxygen atoms in total. The van der Waals surface area contributed by atoms with E-state index in [1.165, 1.54) is 17.9 Å². The van der Waals surface area contributed by atoms with Crippen LogP contribution >= 0.6 is 0 Å². The van der Waals surface area contributed by atoms with Crippen molar-refractivity contribution in [2.24, 2.45) is 0 Å². The molecule has 29 heavy (non-hydrogen) atoms. The number of fused-ring (bicyclic) bond motifs is 1. The van der Waals surface area contributed by atoms with Crippen molar-refractivity contribution in [3.8, 4) is 17.2 Å². The highest BCUT2D eigenvalue weighted by molar-refractivity contribution is 5.98. The Balaban J connectivity index is 1.44. The Morgan fingerprint density at radius 2 is 1.93 bits per heavy atom. The Hall–Kier alpha value is -3.95. The lowest BCUT2D eigenvalue weighted by Crippen LogP contribution is -2.30. The molecular weight excluding hydrogens is 378 g/mol. The first kappa shape index (κ1) is 18.4. The molecule has 148 valence electrons. The first-order chi connectivity index (χ1) is 14.1. The molecule has 2 aromatic carbocycles. The molecule has 0 radical (unpaired) electrons. The van der Waals surface area contributed by atoms with Gasteiger partial charge in [0.2, 0.25) is 0 Å². The van der Waals surface area contributed by atoms with E-state index in [0.29, 0.717) is 36.1 Å². The summed E-state index contributed by atoms with van der Waals surface area (Å²) in [5.74, 6) is 0.0258. The predicted octanol–water partition coefficient (Wildman–Crippen LogP) is 1.62. The lowest BCUT2D eigenvalue weighted by molar-refractivity contribution is -0.123. The molecule has 1 atom stereocenters. The molecule has 0 saturated carbocycles. The maximum absolute atomic E-state index is 12.6. The molecule has 4 rings (SSSR count). The fourth-order valence-corrected chi connectivity index (χ4v) is 2.76. The Morgan fingerprint density at radius 1 is 1.14 bits per heavy atom. The summed E-state index contributed by atoms with van der Waals surface area (Å²) in [4.78, 5) is 25.1. The quantitative estimate of drug-likeness (QED) is 0.648. The van der Waals surface area contributed by atoms with Gasteiger partial charge in [0.05, 0.1) is 11.3 Å². The number of tetrazole rings is 1. The summed E-state index contributed by atoms with van der Waals surface area (Å²) >= 11 is 0. The van der Waals surface area contributed by atoms with E-state index in [9.17, 15) is 9.59 Å². The van der Waals surface area contributed by atoms with Crippen molar-refractivity contribution in [2.45, 2.75) is 13.0 Å². The predicted molar refractivity (Wildman–Crippen MR) is 100 cm³/mol. The first-order valence-corrected chi connectivity index (χ1v) is 8.86. The third-order valence-corrected chi connectivity index (χ3v) is 4.18. The van der Waals surface area contributed by atoms with E-state index in [1.54, 1.807) is 42.5 Å². The number of esters is 1. The van der Waals surface area contributed by atoms with E-state index in [2.05, 4.69) is 20.8 Å². The van der Waals surface area contributed by atoms with Crippen LogP contribution in [0.3, 0.4) is 0 Å². The standard InChI is InChI=1S/C19H17N5O5/c1-12(18(25)21-13-6-7-16-17(10-13)28-9-8-27-16)29-19(26)14-4-2-3-5-15(14)24-11-20-22-23-24/h2-7,10-12H,8-9H2,1H3,(H,21,25)/t12-/m0/s1. The number of carbonyl (C=O) groups is 2. The van der Waals surface area contributed by atoms with Crippen LogP contribution in [0, 0.1) is 0 Å². The van der Waals surface area contributed by atoms with Crippen LogP contribution in [0.5, 0.6) is 11.5 Å². The van der Waals surface area contributed by atoms with Gasteiger partial charge in [0.25, 0.3) is 5.91 Å². The van der Waals surface area contributed by atoms with Crippen molar-refractivity contribution in [2.75, 3.05) is 18.5 Å². The summed E-state index contributed by atoms with van der Waals surface area (Å²) in [6.07, 6.45) is 0.335. The molecule has 3 aromatic rings. The Labute approximate surface area is 165 Å². The zero-order valence-corrected chi connectivity index (χ0v) is 15.4. The van der Waals surface area contributed by atoms with Crippen molar-refractivity contribution in [1.29, 1.82) is 0 Å². The summed E-state index contributed by atoms with van der Waals surface area (Å²) in [7, 11) is 0. The van der Waals surface area contributed by atoms with Crippen molar-refractivity contribution in [1.82, 2.24) is 20.2 Å². The smallest absolute Gasteiger partial charge is 0.341 e. The first-order valence-electron chi connectivity index (χ1n) is 8.86. The lowest BCUT2D eigenvalue weighted by atomic mass is 10.2. The number of hydrogen-bond acceptors (Lipinski definition) is 8. The molecular formula is C19H17N5O5. The number of nitrogens with one attached hydrogen (secondary N) is 1. The molecule has 1 N–H and O–H groups in total. The molecule has 1 amide bonds. The molecule has 0 saturated heterocycles. The van der Waals surface area contributed by atoms with Gasteiger partial charge in [-0.15, -0.1) is 5.10 Å². The van der Waals surface area contributed by atoms with E-state index in [0.717, 1.165) is 0 Å². The van der Waals surface area contributed by atoms with Gasteiger partial charge in [-0.2, -0.15) is 4.68 Å². The summed E-state index contributed by atoms with van der Waals surface area (Å²) < 4.78 is 17.6. The molecule has 0 spiro atoms. The lowest BCUT2D eigenvalue weighted by Gasteiger charge is -2.19. The zero-order chi connectivity index (χ0) is 20.2. The average Bonchev–Trinajstić information content (AvgIpc) is 3.28. The van der Waals surface area contributed by atoms with E-state index < -0.39 is 18.0 Å². The van der Waals surface area contributed by atoms with Gasteiger partial charge in [-0.1, -0.05) is 12.1 Å². The molecule has 1 aliphatic rings. The molecule has 0 aliphatic carbocycles. The number of anilines is 1. The van der Waals surface area contributed by atoms with Gasteiger partial charge >= 0.3 is 5.97 Å². The molecule has 0 unspecified atom stereocenters. The second-order valence-corrected chi connectivity index (χ2v) is 6.17. The summed E-state index contributed by atoms with van der Waals surface area (Å²) in [5, 5.41) is 13.6. The molecule has 2 heterocycles. The Kier molecular flexibility index (Phi) is 5.06. The monoisotopic (exact) mass is 395 g/mol. The Morgan fingerprint density at radius 3 is 2.72 bits per heavy atom. The number of carbonyl (C=O) groups excluding carboxylic acids is 2. The number of hydrogen-bond donors (Lipinski definition) is 1. The van der Waals surface area contributed by atoms with Crippen molar-refractivity contribution < 1.29 is 23.8 Å². The second-order valence-electron chi connectivity index (χ2n) is 6.17. The van der Waals surface area contributed by atoms with Gasteiger partial charge in [0.15, 0.2) is 17.6 Å². The van der Waals surface area contributed by atoms with Crippen molar-refractivity contribution in [3.05, 3.63) is 54.4 Å². The average molecular weight is 395 g/mol. The van der Waals surface area contributed by atoms with E-state index in [4.69, 9.17) is 14.2 Å². The zero-order valence-electron chi connectivity index (χ0n) is 15.4. The van der Waals surface area contributed by atoms with Gasteiger partial charge in [0.1, 0.15) is 19.5 Å². The largest absolute Gasteiger partial charge is 0.486 e. The van der Waals surface area contributed by atoms with Crippen LogP contribution in [-0.4, -0.2) is 51.4 Å². The summed E-state index contributed by atoms with van der Waals surface area (Å²) in [6.45, 7) is 2.42. The maximum atomic E-state index is 12.6. The highest BCUT2D eigenvalue weighted by Gasteiger charge is 2.22.